The minimum Gasteiger partial charge on any atom is -0.370 e. The molecule has 0 aromatic rings. The monoisotopic (exact) mass is 358 g/mol. The number of likely N-dealkylation sites (tertiary alicyclic amines) is 1. The van der Waals surface area contributed by atoms with Gasteiger partial charge in [0.1, 0.15) is 12.1 Å². The van der Waals surface area contributed by atoms with Crippen molar-refractivity contribution in [1.82, 2.24) is 10.2 Å². The van der Waals surface area contributed by atoms with E-state index in [1.807, 2.05) is 13.8 Å². The molecule has 0 saturated carbocycles. The molecule has 0 radical (unpaired) electrons. The van der Waals surface area contributed by atoms with Gasteiger partial charge < -0.3 is 26.8 Å². The molecule has 2 saturated heterocycles. The van der Waals surface area contributed by atoms with Crippen molar-refractivity contribution < 1.29 is 29.3 Å². The standard InChI is InChI=1S/C15H26N4O6/c1-3-8(2)12(15(23)24-25-15)18-13(21)10-5-4-6-19(10)14(22)9(16)7-11(17)20/h8-10,12,23H,3-7,16H2,1-2H3,(H2,17,20)(H,18,21)/t8-,9-,10-,12-/m0/s1. The Bertz CT molecular complexity index is 538. The van der Waals surface area contributed by atoms with Gasteiger partial charge in [-0.3, -0.25) is 14.4 Å². The molecule has 4 atom stereocenters. The lowest BCUT2D eigenvalue weighted by Gasteiger charge is -2.29. The molecule has 2 rings (SSSR count). The van der Waals surface area contributed by atoms with E-state index in [0.717, 1.165) is 0 Å². The highest BCUT2D eigenvalue weighted by Gasteiger charge is 2.57. The highest BCUT2D eigenvalue weighted by atomic mass is 17.4. The Balaban J connectivity index is 2.04. The molecule has 0 aliphatic carbocycles. The number of hydrogen-bond donors (Lipinski definition) is 4. The molecule has 10 nitrogen and oxygen atoms in total. The number of amides is 3. The summed E-state index contributed by atoms with van der Waals surface area (Å²) in [6, 6.07) is -2.56. The van der Waals surface area contributed by atoms with E-state index in [1.54, 1.807) is 0 Å². The van der Waals surface area contributed by atoms with Gasteiger partial charge in [-0.1, -0.05) is 20.3 Å². The van der Waals surface area contributed by atoms with Crippen LogP contribution in [0.15, 0.2) is 0 Å². The van der Waals surface area contributed by atoms with Crippen molar-refractivity contribution in [2.45, 2.75) is 63.6 Å². The van der Waals surface area contributed by atoms with E-state index in [-0.39, 0.29) is 12.3 Å². The minimum atomic E-state index is -1.83. The van der Waals surface area contributed by atoms with Crippen LogP contribution in [0, 0.1) is 5.92 Å². The summed E-state index contributed by atoms with van der Waals surface area (Å²) < 4.78 is 0. The zero-order valence-corrected chi connectivity index (χ0v) is 14.4. The third-order valence-corrected chi connectivity index (χ3v) is 4.73. The lowest BCUT2D eigenvalue weighted by atomic mass is 9.97. The normalized spacial score (nSPS) is 25.1. The van der Waals surface area contributed by atoms with Crippen molar-refractivity contribution in [3.8, 4) is 0 Å². The quantitative estimate of drug-likeness (QED) is 0.297. The third kappa shape index (κ3) is 4.46. The predicted molar refractivity (Wildman–Crippen MR) is 85.0 cm³/mol. The van der Waals surface area contributed by atoms with Crippen LogP contribution in [0.2, 0.25) is 0 Å². The first-order valence-corrected chi connectivity index (χ1v) is 8.43. The summed E-state index contributed by atoms with van der Waals surface area (Å²) >= 11 is 0. The first-order valence-electron chi connectivity index (χ1n) is 8.43. The number of nitrogens with one attached hydrogen (secondary N) is 1. The van der Waals surface area contributed by atoms with Crippen LogP contribution in [-0.2, 0) is 24.2 Å². The Kier molecular flexibility index (Phi) is 5.99. The molecule has 3 amide bonds. The summed E-state index contributed by atoms with van der Waals surface area (Å²) in [6.45, 7) is 4.12. The van der Waals surface area contributed by atoms with Crippen LogP contribution < -0.4 is 16.8 Å². The Hall–Kier alpha value is -1.75. The summed E-state index contributed by atoms with van der Waals surface area (Å²) in [7, 11) is 0. The smallest absolute Gasteiger partial charge is 0.358 e. The van der Waals surface area contributed by atoms with E-state index >= 15 is 0 Å². The van der Waals surface area contributed by atoms with Gasteiger partial charge in [0.05, 0.1) is 12.5 Å². The maximum atomic E-state index is 12.7. The SMILES string of the molecule is CC[C@H](C)[C@H](NC(=O)[C@@H]1CCCN1C(=O)[C@@H](N)CC(N)=O)C1(O)OO1. The molecular weight excluding hydrogens is 332 g/mol. The molecule has 2 aliphatic rings. The Morgan fingerprint density at radius 3 is 2.56 bits per heavy atom. The van der Waals surface area contributed by atoms with E-state index in [1.165, 1.54) is 4.90 Å². The van der Waals surface area contributed by atoms with E-state index < -0.39 is 41.8 Å². The third-order valence-electron chi connectivity index (χ3n) is 4.73. The van der Waals surface area contributed by atoms with Crippen LogP contribution in [0.25, 0.3) is 0 Å². The number of carbonyl (C=O) groups excluding carboxylic acids is 3. The van der Waals surface area contributed by atoms with Crippen LogP contribution in [0.3, 0.4) is 0 Å². The Morgan fingerprint density at radius 1 is 1.40 bits per heavy atom. The first-order chi connectivity index (χ1) is 11.7. The second-order valence-electron chi connectivity index (χ2n) is 6.64. The minimum absolute atomic E-state index is 0.112. The average molecular weight is 358 g/mol. The number of carbonyl (C=O) groups is 3. The largest absolute Gasteiger partial charge is 0.370 e. The zero-order chi connectivity index (χ0) is 18.8. The topological polar surface area (TPSA) is 164 Å². The summed E-state index contributed by atoms with van der Waals surface area (Å²) in [5, 5.41) is 12.7. The number of hydrogen-bond acceptors (Lipinski definition) is 7. The fraction of sp³-hybridized carbons (Fsp3) is 0.800. The average Bonchev–Trinajstić information content (AvgIpc) is 3.11. The van der Waals surface area contributed by atoms with E-state index in [9.17, 15) is 19.5 Å². The maximum absolute atomic E-state index is 12.7. The van der Waals surface area contributed by atoms with Crippen LogP contribution >= 0.6 is 0 Å². The summed E-state index contributed by atoms with van der Waals surface area (Å²) in [5.41, 5.74) is 10.8. The number of nitrogens with two attached hydrogens (primary N) is 2. The lowest BCUT2D eigenvalue weighted by molar-refractivity contribution is -0.141. The number of aliphatic hydroxyl groups is 1. The van der Waals surface area contributed by atoms with Gasteiger partial charge in [0.2, 0.25) is 17.7 Å². The molecule has 0 aromatic carbocycles. The van der Waals surface area contributed by atoms with Gasteiger partial charge in [-0.2, -0.15) is 9.78 Å². The van der Waals surface area contributed by atoms with Gasteiger partial charge in [-0.05, 0) is 18.8 Å². The first kappa shape index (κ1) is 19.6. The molecule has 10 heteroatoms. The van der Waals surface area contributed by atoms with Gasteiger partial charge in [0.25, 0.3) is 0 Å². The van der Waals surface area contributed by atoms with Crippen molar-refractivity contribution in [3.05, 3.63) is 0 Å². The number of primary amides is 1. The maximum Gasteiger partial charge on any atom is 0.358 e. The van der Waals surface area contributed by atoms with Gasteiger partial charge in [0, 0.05) is 6.54 Å². The summed E-state index contributed by atoms with van der Waals surface area (Å²) in [4.78, 5) is 46.5. The molecule has 6 N–H and O–H groups in total. The van der Waals surface area contributed by atoms with Crippen molar-refractivity contribution in [1.29, 1.82) is 0 Å². The fourth-order valence-corrected chi connectivity index (χ4v) is 3.04. The summed E-state index contributed by atoms with van der Waals surface area (Å²) in [5.74, 6) is -3.53. The van der Waals surface area contributed by atoms with Crippen LogP contribution in [0.1, 0.15) is 39.5 Å². The molecule has 0 unspecified atom stereocenters. The second kappa shape index (κ2) is 7.65. The molecular formula is C15H26N4O6. The Labute approximate surface area is 145 Å². The van der Waals surface area contributed by atoms with Crippen LogP contribution in [0.5, 0.6) is 0 Å². The second-order valence-corrected chi connectivity index (χ2v) is 6.64. The van der Waals surface area contributed by atoms with Crippen molar-refractivity contribution >= 4 is 17.7 Å². The van der Waals surface area contributed by atoms with Crippen molar-refractivity contribution in [2.75, 3.05) is 6.54 Å². The molecule has 0 bridgehead atoms. The van der Waals surface area contributed by atoms with Crippen molar-refractivity contribution in [3.63, 3.8) is 0 Å². The predicted octanol–water partition coefficient (Wildman–Crippen LogP) is -1.68. The van der Waals surface area contributed by atoms with Crippen LogP contribution in [-0.4, -0.2) is 58.4 Å². The van der Waals surface area contributed by atoms with Crippen LogP contribution in [0.4, 0.5) is 0 Å². The molecule has 25 heavy (non-hydrogen) atoms. The van der Waals surface area contributed by atoms with Gasteiger partial charge >= 0.3 is 5.97 Å². The molecule has 0 spiro atoms. The van der Waals surface area contributed by atoms with Gasteiger partial charge in [0.15, 0.2) is 0 Å². The highest BCUT2D eigenvalue weighted by molar-refractivity contribution is 5.92. The molecule has 2 heterocycles. The fourth-order valence-electron chi connectivity index (χ4n) is 3.04. The number of nitrogens with zero attached hydrogens (tertiary/aromatic N) is 1. The van der Waals surface area contributed by atoms with Gasteiger partial charge in [-0.25, -0.2) is 0 Å². The van der Waals surface area contributed by atoms with E-state index in [4.69, 9.17) is 11.5 Å². The molecule has 142 valence electrons. The van der Waals surface area contributed by atoms with E-state index in [2.05, 4.69) is 15.1 Å². The summed E-state index contributed by atoms with van der Waals surface area (Å²) in [6.07, 6.45) is 1.50. The van der Waals surface area contributed by atoms with E-state index in [0.29, 0.717) is 25.8 Å². The highest BCUT2D eigenvalue weighted by Crippen LogP contribution is 2.34. The molecule has 2 aliphatic heterocycles. The molecule has 0 aromatic heterocycles. The van der Waals surface area contributed by atoms with Crippen molar-refractivity contribution in [2.24, 2.45) is 17.4 Å². The lowest BCUT2D eigenvalue weighted by Crippen LogP contribution is -2.56. The number of rotatable bonds is 8. The Morgan fingerprint density at radius 2 is 2.04 bits per heavy atom. The molecule has 2 fully saturated rings. The zero-order valence-electron chi connectivity index (χ0n) is 14.4. The van der Waals surface area contributed by atoms with Gasteiger partial charge in [-0.15, -0.1) is 0 Å².